The van der Waals surface area contributed by atoms with Crippen LogP contribution in [-0.2, 0) is 37.1 Å². The first-order valence-electron chi connectivity index (χ1n) is 13.9. The molecule has 3 aromatic rings. The van der Waals surface area contributed by atoms with E-state index in [2.05, 4.69) is 5.32 Å². The molecule has 1 amide bonds. The van der Waals surface area contributed by atoms with Crippen LogP contribution in [0.1, 0.15) is 71.2 Å². The van der Waals surface area contributed by atoms with E-state index >= 15 is 4.39 Å². The molecule has 3 rings (SSSR count). The number of carbonyl (C=O) groups excluding carboxylic acids is 2. The Labute approximate surface area is 253 Å². The van der Waals surface area contributed by atoms with Gasteiger partial charge in [-0.1, -0.05) is 36.4 Å². The fraction of sp³-hybridized carbons (Fsp3) is 0.394. The topological polar surface area (TPSA) is 108 Å². The number of hydrogen-bond acceptors (Lipinski definition) is 7. The lowest BCUT2D eigenvalue weighted by molar-refractivity contribution is -0.153. The molecule has 0 saturated carbocycles. The Bertz CT molecular complexity index is 1590. The number of ether oxygens (including phenoxy) is 3. The molecule has 0 fully saturated rings. The minimum absolute atomic E-state index is 0.00429. The maximum absolute atomic E-state index is 15.9. The molecule has 0 spiro atoms. The SMILES string of the molecule is CC(NC(=O)OC(C)(C)C)c1cccc(-c2cc(COc3ccccc3CC(=O)OC(C)(C)C)cc(S(C)(=O)=O)c2)c1F. The number of para-hydroxylation sites is 1. The molecule has 1 N–H and O–H groups in total. The Morgan fingerprint density at radius 3 is 2.19 bits per heavy atom. The summed E-state index contributed by atoms with van der Waals surface area (Å²) in [5, 5.41) is 2.64. The van der Waals surface area contributed by atoms with E-state index in [-0.39, 0.29) is 29.1 Å². The van der Waals surface area contributed by atoms with Crippen LogP contribution < -0.4 is 10.1 Å². The number of sulfone groups is 1. The number of carbonyl (C=O) groups is 2. The van der Waals surface area contributed by atoms with Crippen molar-refractivity contribution in [2.24, 2.45) is 0 Å². The minimum atomic E-state index is -3.67. The molecule has 3 aromatic carbocycles. The highest BCUT2D eigenvalue weighted by Gasteiger charge is 2.22. The first kappa shape index (κ1) is 33.6. The molecule has 43 heavy (non-hydrogen) atoms. The van der Waals surface area contributed by atoms with Crippen LogP contribution in [0.4, 0.5) is 9.18 Å². The lowest BCUT2D eigenvalue weighted by Gasteiger charge is -2.22. The van der Waals surface area contributed by atoms with Crippen molar-refractivity contribution in [3.63, 3.8) is 0 Å². The summed E-state index contributed by atoms with van der Waals surface area (Å²) in [7, 11) is -3.67. The molecule has 0 saturated heterocycles. The number of rotatable bonds is 9. The molecule has 0 heterocycles. The number of esters is 1. The van der Waals surface area contributed by atoms with Gasteiger partial charge in [0.25, 0.3) is 0 Å². The number of nitrogens with one attached hydrogen (secondary N) is 1. The van der Waals surface area contributed by atoms with Crippen molar-refractivity contribution in [2.45, 2.75) is 83.6 Å². The van der Waals surface area contributed by atoms with Crippen molar-refractivity contribution in [3.8, 4) is 16.9 Å². The van der Waals surface area contributed by atoms with Crippen LogP contribution in [0, 0.1) is 5.82 Å². The van der Waals surface area contributed by atoms with E-state index in [4.69, 9.17) is 14.2 Å². The Balaban J connectivity index is 1.92. The second-order valence-electron chi connectivity index (χ2n) is 12.4. The number of alkyl carbamates (subject to hydrolysis) is 1. The lowest BCUT2D eigenvalue weighted by atomic mass is 9.97. The summed E-state index contributed by atoms with van der Waals surface area (Å²) >= 11 is 0. The fourth-order valence-electron chi connectivity index (χ4n) is 4.27. The molecule has 0 aromatic heterocycles. The standard InChI is InChI=1S/C33H40FNO7S/c1-21(35-31(37)42-33(5,6)7)26-13-11-14-27(30(26)34)24-16-22(17-25(18-24)43(8,38)39)20-40-28-15-10-9-12-23(28)19-29(36)41-32(2,3)4/h9-18,21H,19-20H2,1-8H3,(H,35,37). The summed E-state index contributed by atoms with van der Waals surface area (Å²) in [6.45, 7) is 12.1. The number of benzene rings is 3. The van der Waals surface area contributed by atoms with Gasteiger partial charge in [0.1, 0.15) is 29.4 Å². The molecule has 232 valence electrons. The molecule has 0 aliphatic rings. The maximum Gasteiger partial charge on any atom is 0.408 e. The predicted molar refractivity (Wildman–Crippen MR) is 163 cm³/mol. The smallest absolute Gasteiger partial charge is 0.408 e. The van der Waals surface area contributed by atoms with Gasteiger partial charge in [-0.15, -0.1) is 0 Å². The molecule has 0 aliphatic carbocycles. The Morgan fingerprint density at radius 1 is 0.907 bits per heavy atom. The molecule has 0 bridgehead atoms. The zero-order chi connectivity index (χ0) is 32.2. The van der Waals surface area contributed by atoms with Crippen molar-refractivity contribution in [2.75, 3.05) is 6.26 Å². The average molecular weight is 614 g/mol. The van der Waals surface area contributed by atoms with Crippen LogP contribution in [0.5, 0.6) is 5.75 Å². The summed E-state index contributed by atoms with van der Waals surface area (Å²) in [6, 6.07) is 15.5. The van der Waals surface area contributed by atoms with Gasteiger partial charge >= 0.3 is 12.1 Å². The van der Waals surface area contributed by atoms with Crippen molar-refractivity contribution >= 4 is 21.9 Å². The Morgan fingerprint density at radius 2 is 1.56 bits per heavy atom. The second kappa shape index (κ2) is 13.2. The monoisotopic (exact) mass is 613 g/mol. The summed E-state index contributed by atoms with van der Waals surface area (Å²) < 4.78 is 57.8. The largest absolute Gasteiger partial charge is 0.489 e. The van der Waals surface area contributed by atoms with E-state index in [9.17, 15) is 18.0 Å². The van der Waals surface area contributed by atoms with Crippen molar-refractivity contribution in [3.05, 3.63) is 83.2 Å². The number of amides is 1. The Kier molecular flexibility index (Phi) is 10.3. The van der Waals surface area contributed by atoms with E-state index in [1.165, 1.54) is 12.1 Å². The fourth-order valence-corrected chi connectivity index (χ4v) is 4.97. The van der Waals surface area contributed by atoms with Gasteiger partial charge in [-0.05, 0) is 83.9 Å². The molecule has 1 atom stereocenters. The second-order valence-corrected chi connectivity index (χ2v) is 14.4. The van der Waals surface area contributed by atoms with Gasteiger partial charge in [0.15, 0.2) is 9.84 Å². The first-order valence-corrected chi connectivity index (χ1v) is 15.8. The molecule has 8 nitrogen and oxygen atoms in total. The van der Waals surface area contributed by atoms with E-state index in [0.717, 1.165) is 6.26 Å². The first-order chi connectivity index (χ1) is 19.8. The summed E-state index contributed by atoms with van der Waals surface area (Å²) in [5.41, 5.74) is 0.439. The molecule has 0 aliphatic heterocycles. The van der Waals surface area contributed by atoms with E-state index in [1.54, 1.807) is 97.0 Å². The van der Waals surface area contributed by atoms with Gasteiger partial charge in [-0.25, -0.2) is 17.6 Å². The highest BCUT2D eigenvalue weighted by molar-refractivity contribution is 7.90. The highest BCUT2D eigenvalue weighted by atomic mass is 32.2. The van der Waals surface area contributed by atoms with Gasteiger partial charge < -0.3 is 19.5 Å². The molecule has 10 heteroatoms. The number of halogens is 1. The minimum Gasteiger partial charge on any atom is -0.489 e. The lowest BCUT2D eigenvalue weighted by Crippen LogP contribution is -2.34. The van der Waals surface area contributed by atoms with E-state index in [0.29, 0.717) is 22.4 Å². The van der Waals surface area contributed by atoms with E-state index < -0.39 is 45.0 Å². The molecular weight excluding hydrogens is 573 g/mol. The third kappa shape index (κ3) is 10.1. The van der Waals surface area contributed by atoms with Crippen LogP contribution in [0.15, 0.2) is 65.6 Å². The zero-order valence-electron chi connectivity index (χ0n) is 25.9. The third-order valence-electron chi connectivity index (χ3n) is 6.06. The van der Waals surface area contributed by atoms with Gasteiger partial charge in [0.2, 0.25) is 0 Å². The van der Waals surface area contributed by atoms with E-state index in [1.807, 2.05) is 0 Å². The van der Waals surface area contributed by atoms with Crippen LogP contribution >= 0.6 is 0 Å². The average Bonchev–Trinajstić information content (AvgIpc) is 2.85. The summed E-state index contributed by atoms with van der Waals surface area (Å²) in [4.78, 5) is 24.7. The third-order valence-corrected chi connectivity index (χ3v) is 7.15. The van der Waals surface area contributed by atoms with Crippen molar-refractivity contribution < 1.29 is 36.6 Å². The zero-order valence-corrected chi connectivity index (χ0v) is 26.7. The summed E-state index contributed by atoms with van der Waals surface area (Å²) in [6.07, 6.45) is 0.387. The van der Waals surface area contributed by atoms with Crippen LogP contribution in [0.2, 0.25) is 0 Å². The molecular formula is C33H40FNO7S. The normalized spacial score (nSPS) is 12.8. The molecule has 0 radical (unpaired) electrons. The van der Waals surface area contributed by atoms with Gasteiger partial charge in [0, 0.05) is 22.9 Å². The van der Waals surface area contributed by atoms with Crippen molar-refractivity contribution in [1.82, 2.24) is 5.32 Å². The predicted octanol–water partition coefficient (Wildman–Crippen LogP) is 6.95. The van der Waals surface area contributed by atoms with Crippen molar-refractivity contribution in [1.29, 1.82) is 0 Å². The Hall–Kier alpha value is -3.92. The van der Waals surface area contributed by atoms with Gasteiger partial charge in [0.05, 0.1) is 17.4 Å². The highest BCUT2D eigenvalue weighted by Crippen LogP contribution is 2.31. The number of hydrogen-bond donors (Lipinski definition) is 1. The van der Waals surface area contributed by atoms with Crippen LogP contribution in [0.3, 0.4) is 0 Å². The maximum atomic E-state index is 15.9. The summed E-state index contributed by atoms with van der Waals surface area (Å²) in [5.74, 6) is -0.572. The van der Waals surface area contributed by atoms with Crippen LogP contribution in [0.25, 0.3) is 11.1 Å². The van der Waals surface area contributed by atoms with Gasteiger partial charge in [-0.3, -0.25) is 4.79 Å². The quantitative estimate of drug-likeness (QED) is 0.260. The molecule has 1 unspecified atom stereocenters. The van der Waals surface area contributed by atoms with Gasteiger partial charge in [-0.2, -0.15) is 0 Å². The van der Waals surface area contributed by atoms with Crippen LogP contribution in [-0.4, -0.2) is 37.9 Å².